The minimum absolute atomic E-state index is 0.00870. The highest BCUT2D eigenvalue weighted by Gasteiger charge is 2.18. The molecule has 0 radical (unpaired) electrons. The summed E-state index contributed by atoms with van der Waals surface area (Å²) in [6.07, 6.45) is 0.500. The molecule has 0 bridgehead atoms. The average Bonchev–Trinajstić information content (AvgIpc) is 2.08. The first-order valence-corrected chi connectivity index (χ1v) is 4.12. The highest BCUT2D eigenvalue weighted by molar-refractivity contribution is 6.63. The van der Waals surface area contributed by atoms with Crippen molar-refractivity contribution in [2.45, 2.75) is 0 Å². The molecule has 0 fully saturated rings. The van der Waals surface area contributed by atoms with Gasteiger partial charge in [0.1, 0.15) is 0 Å². The number of hydrogen-bond acceptors (Lipinski definition) is 3. The van der Waals surface area contributed by atoms with Gasteiger partial charge in [-0.2, -0.15) is 0 Å². The highest BCUT2D eigenvalue weighted by Crippen LogP contribution is 2.17. The molecular formula is C7H5BCl2O3. The first kappa shape index (κ1) is 10.5. The molecular weight excluding hydrogens is 214 g/mol. The second-order valence-corrected chi connectivity index (χ2v) is 3.20. The summed E-state index contributed by atoms with van der Waals surface area (Å²) < 4.78 is 0. The van der Waals surface area contributed by atoms with Gasteiger partial charge in [-0.05, 0) is 12.1 Å². The van der Waals surface area contributed by atoms with Crippen molar-refractivity contribution in [3.05, 3.63) is 27.7 Å². The van der Waals surface area contributed by atoms with Crippen LogP contribution in [0.2, 0.25) is 10.0 Å². The second kappa shape index (κ2) is 4.11. The Balaban J connectivity index is 3.35. The Hall–Kier alpha value is -0.545. The van der Waals surface area contributed by atoms with Crippen molar-refractivity contribution < 1.29 is 14.8 Å². The summed E-state index contributed by atoms with van der Waals surface area (Å²) in [5.41, 5.74) is 0.161. The molecule has 0 aliphatic rings. The van der Waals surface area contributed by atoms with E-state index in [0.29, 0.717) is 6.29 Å². The molecule has 0 unspecified atom stereocenters. The summed E-state index contributed by atoms with van der Waals surface area (Å²) >= 11 is 11.3. The van der Waals surface area contributed by atoms with Gasteiger partial charge in [0.05, 0.1) is 5.02 Å². The Morgan fingerprint density at radius 1 is 1.31 bits per heavy atom. The molecule has 0 heterocycles. The van der Waals surface area contributed by atoms with Crippen LogP contribution in [0.1, 0.15) is 10.4 Å². The van der Waals surface area contributed by atoms with Crippen molar-refractivity contribution in [2.24, 2.45) is 0 Å². The zero-order chi connectivity index (χ0) is 10.0. The van der Waals surface area contributed by atoms with E-state index in [-0.39, 0.29) is 21.1 Å². The SMILES string of the molecule is O=Cc1cc(Cl)cc(B(O)O)c1Cl. The van der Waals surface area contributed by atoms with Gasteiger partial charge < -0.3 is 10.0 Å². The second-order valence-electron chi connectivity index (χ2n) is 2.39. The van der Waals surface area contributed by atoms with Crippen LogP contribution in [-0.4, -0.2) is 23.5 Å². The van der Waals surface area contributed by atoms with Crippen LogP contribution >= 0.6 is 23.2 Å². The van der Waals surface area contributed by atoms with Gasteiger partial charge >= 0.3 is 7.12 Å². The predicted molar refractivity (Wildman–Crippen MR) is 51.7 cm³/mol. The number of halogens is 2. The van der Waals surface area contributed by atoms with E-state index in [1.807, 2.05) is 0 Å². The van der Waals surface area contributed by atoms with Gasteiger partial charge in [0.2, 0.25) is 0 Å². The van der Waals surface area contributed by atoms with Crippen molar-refractivity contribution in [2.75, 3.05) is 0 Å². The number of carbonyl (C=O) groups is 1. The molecule has 13 heavy (non-hydrogen) atoms. The van der Waals surface area contributed by atoms with Crippen LogP contribution in [0.3, 0.4) is 0 Å². The highest BCUT2D eigenvalue weighted by atomic mass is 35.5. The van der Waals surface area contributed by atoms with E-state index in [0.717, 1.165) is 0 Å². The van der Waals surface area contributed by atoms with E-state index in [2.05, 4.69) is 0 Å². The quantitative estimate of drug-likeness (QED) is 0.561. The number of hydrogen-bond donors (Lipinski definition) is 2. The van der Waals surface area contributed by atoms with Gasteiger partial charge in [0.25, 0.3) is 0 Å². The van der Waals surface area contributed by atoms with Crippen LogP contribution in [-0.2, 0) is 0 Å². The number of benzene rings is 1. The Labute approximate surface area is 85.0 Å². The van der Waals surface area contributed by atoms with Crippen LogP contribution < -0.4 is 5.46 Å². The van der Waals surface area contributed by atoms with Crippen molar-refractivity contribution in [3.8, 4) is 0 Å². The summed E-state index contributed by atoms with van der Waals surface area (Å²) in [6.45, 7) is 0. The van der Waals surface area contributed by atoms with E-state index >= 15 is 0 Å². The summed E-state index contributed by atoms with van der Waals surface area (Å²) in [5.74, 6) is 0. The van der Waals surface area contributed by atoms with Gasteiger partial charge in [-0.15, -0.1) is 0 Å². The minimum atomic E-state index is -1.73. The average molecular weight is 219 g/mol. The van der Waals surface area contributed by atoms with E-state index in [1.54, 1.807) is 0 Å². The van der Waals surface area contributed by atoms with Crippen LogP contribution in [0.25, 0.3) is 0 Å². The smallest absolute Gasteiger partial charge is 0.423 e. The lowest BCUT2D eigenvalue weighted by Gasteiger charge is -2.05. The molecule has 0 spiro atoms. The Morgan fingerprint density at radius 2 is 1.92 bits per heavy atom. The molecule has 0 saturated carbocycles. The molecule has 0 saturated heterocycles. The number of rotatable bonds is 2. The summed E-state index contributed by atoms with van der Waals surface area (Å²) in [5, 5.41) is 17.9. The first-order valence-electron chi connectivity index (χ1n) is 3.36. The lowest BCUT2D eigenvalue weighted by molar-refractivity contribution is 0.112. The lowest BCUT2D eigenvalue weighted by atomic mass is 9.79. The topological polar surface area (TPSA) is 57.5 Å². The first-order chi connectivity index (χ1) is 6.06. The van der Waals surface area contributed by atoms with Crippen molar-refractivity contribution in [1.29, 1.82) is 0 Å². The molecule has 6 heteroatoms. The monoisotopic (exact) mass is 218 g/mol. The van der Waals surface area contributed by atoms with Crippen LogP contribution in [0, 0.1) is 0 Å². The predicted octanol–water partition coefficient (Wildman–Crippen LogP) is 0.486. The zero-order valence-corrected chi connectivity index (χ0v) is 7.88. The maximum absolute atomic E-state index is 10.4. The molecule has 68 valence electrons. The molecule has 3 nitrogen and oxygen atoms in total. The normalized spacial score (nSPS) is 9.85. The molecule has 0 atom stereocenters. The summed E-state index contributed by atoms with van der Waals surface area (Å²) in [7, 11) is -1.73. The molecule has 1 aromatic rings. The standard InChI is InChI=1S/C7H5BCl2O3/c9-5-1-4(3-11)7(10)6(2-5)8(12)13/h1-3,12-13H. The van der Waals surface area contributed by atoms with Gasteiger partial charge in [0, 0.05) is 16.0 Å². The lowest BCUT2D eigenvalue weighted by Crippen LogP contribution is -2.31. The van der Waals surface area contributed by atoms with Crippen LogP contribution in [0.4, 0.5) is 0 Å². The van der Waals surface area contributed by atoms with Gasteiger partial charge in [-0.1, -0.05) is 23.2 Å². The Kier molecular flexibility index (Phi) is 3.33. The summed E-state index contributed by atoms with van der Waals surface area (Å²) in [6, 6.07) is 2.64. The summed E-state index contributed by atoms with van der Waals surface area (Å²) in [4.78, 5) is 10.4. The maximum Gasteiger partial charge on any atom is 0.490 e. The molecule has 1 aromatic carbocycles. The Morgan fingerprint density at radius 3 is 2.38 bits per heavy atom. The number of carbonyl (C=O) groups excluding carboxylic acids is 1. The van der Waals surface area contributed by atoms with Gasteiger partial charge in [0.15, 0.2) is 6.29 Å². The molecule has 0 aliphatic carbocycles. The van der Waals surface area contributed by atoms with E-state index < -0.39 is 7.12 Å². The van der Waals surface area contributed by atoms with E-state index in [4.69, 9.17) is 33.2 Å². The Bertz CT molecular complexity index is 341. The van der Waals surface area contributed by atoms with Gasteiger partial charge in [-0.3, -0.25) is 4.79 Å². The van der Waals surface area contributed by atoms with Crippen molar-refractivity contribution in [3.63, 3.8) is 0 Å². The third-order valence-corrected chi connectivity index (χ3v) is 2.15. The fourth-order valence-corrected chi connectivity index (χ4v) is 1.39. The fourth-order valence-electron chi connectivity index (χ4n) is 0.906. The minimum Gasteiger partial charge on any atom is -0.423 e. The van der Waals surface area contributed by atoms with Crippen LogP contribution in [0.15, 0.2) is 12.1 Å². The molecule has 1 rings (SSSR count). The van der Waals surface area contributed by atoms with Crippen molar-refractivity contribution in [1.82, 2.24) is 0 Å². The number of aldehydes is 1. The van der Waals surface area contributed by atoms with Crippen LogP contribution in [0.5, 0.6) is 0 Å². The third kappa shape index (κ3) is 2.22. The van der Waals surface area contributed by atoms with Crippen molar-refractivity contribution >= 4 is 42.1 Å². The third-order valence-electron chi connectivity index (χ3n) is 1.50. The fraction of sp³-hybridized carbons (Fsp3) is 0. The maximum atomic E-state index is 10.4. The largest absolute Gasteiger partial charge is 0.490 e. The molecule has 0 aliphatic heterocycles. The molecule has 0 aromatic heterocycles. The molecule has 0 amide bonds. The van der Waals surface area contributed by atoms with Gasteiger partial charge in [-0.25, -0.2) is 0 Å². The molecule has 2 N–H and O–H groups in total. The zero-order valence-electron chi connectivity index (χ0n) is 6.37. The van der Waals surface area contributed by atoms with E-state index in [9.17, 15) is 4.79 Å². The van der Waals surface area contributed by atoms with E-state index in [1.165, 1.54) is 12.1 Å².